The molecule has 0 aromatic rings. The molecule has 0 aromatic carbocycles. The van der Waals surface area contributed by atoms with Crippen molar-refractivity contribution in [2.45, 2.75) is 58.0 Å². The minimum Gasteiger partial charge on any atom is -0.315 e. The van der Waals surface area contributed by atoms with E-state index in [1.807, 2.05) is 6.08 Å². The molecule has 1 rings (SSSR count). The van der Waals surface area contributed by atoms with Crippen molar-refractivity contribution in [1.29, 1.82) is 0 Å². The van der Waals surface area contributed by atoms with Crippen LogP contribution in [0.2, 0.25) is 0 Å². The molecule has 0 unspecified atom stereocenters. The fourth-order valence-electron chi connectivity index (χ4n) is 2.04. The lowest BCUT2D eigenvalue weighted by Gasteiger charge is -2.19. The summed E-state index contributed by atoms with van der Waals surface area (Å²) in [6.07, 6.45) is 8.85. The highest BCUT2D eigenvalue weighted by Gasteiger charge is 2.27. The number of hydrogen-bond donors (Lipinski definition) is 1. The smallest absolute Gasteiger partial charge is 0.0163 e. The molecule has 1 aliphatic carbocycles. The van der Waals surface area contributed by atoms with Gasteiger partial charge in [0.25, 0.3) is 0 Å². The number of unbranched alkanes of at least 4 members (excludes halogenated alkanes) is 2. The van der Waals surface area contributed by atoms with Gasteiger partial charge in [-0.2, -0.15) is 0 Å². The molecule has 0 radical (unpaired) electrons. The molecule has 0 aromatic heterocycles. The lowest BCUT2D eigenvalue weighted by atomic mass is 10.2. The third-order valence-corrected chi connectivity index (χ3v) is 3.10. The molecule has 2 nitrogen and oxygen atoms in total. The summed E-state index contributed by atoms with van der Waals surface area (Å²) in [5, 5.41) is 3.46. The van der Waals surface area contributed by atoms with Crippen molar-refractivity contribution in [3.63, 3.8) is 0 Å². The molecule has 1 saturated carbocycles. The van der Waals surface area contributed by atoms with E-state index in [1.54, 1.807) is 0 Å². The van der Waals surface area contributed by atoms with Crippen LogP contribution < -0.4 is 5.32 Å². The van der Waals surface area contributed by atoms with E-state index < -0.39 is 0 Å². The zero-order chi connectivity index (χ0) is 11.8. The second kappa shape index (κ2) is 7.86. The molecule has 0 spiro atoms. The first kappa shape index (κ1) is 13.7. The monoisotopic (exact) mass is 224 g/mol. The summed E-state index contributed by atoms with van der Waals surface area (Å²) in [4.78, 5) is 2.59. The number of nitrogens with one attached hydrogen (secondary N) is 1. The summed E-state index contributed by atoms with van der Waals surface area (Å²) in [6.45, 7) is 11.8. The fourth-order valence-corrected chi connectivity index (χ4v) is 2.04. The van der Waals surface area contributed by atoms with Crippen LogP contribution in [-0.2, 0) is 0 Å². The molecule has 1 N–H and O–H groups in total. The van der Waals surface area contributed by atoms with Gasteiger partial charge in [-0.05, 0) is 38.8 Å². The van der Waals surface area contributed by atoms with Crippen molar-refractivity contribution in [3.05, 3.63) is 12.7 Å². The number of hydrogen-bond acceptors (Lipinski definition) is 2. The molecule has 0 bridgehead atoms. The molecule has 0 heterocycles. The lowest BCUT2D eigenvalue weighted by molar-refractivity contribution is 0.284. The van der Waals surface area contributed by atoms with Gasteiger partial charge in [-0.15, -0.1) is 6.58 Å². The first-order chi connectivity index (χ1) is 7.74. The van der Waals surface area contributed by atoms with E-state index in [9.17, 15) is 0 Å². The van der Waals surface area contributed by atoms with E-state index in [0.717, 1.165) is 12.6 Å². The zero-order valence-electron chi connectivity index (χ0n) is 11.0. The third-order valence-electron chi connectivity index (χ3n) is 3.10. The fraction of sp³-hybridized carbons (Fsp3) is 0.857. The van der Waals surface area contributed by atoms with E-state index in [0.29, 0.717) is 6.04 Å². The summed E-state index contributed by atoms with van der Waals surface area (Å²) >= 11 is 0. The highest BCUT2D eigenvalue weighted by molar-refractivity contribution is 4.87. The van der Waals surface area contributed by atoms with Crippen molar-refractivity contribution < 1.29 is 0 Å². The van der Waals surface area contributed by atoms with E-state index in [-0.39, 0.29) is 0 Å². The third kappa shape index (κ3) is 6.29. The molecule has 0 aliphatic heterocycles. The Labute approximate surface area is 101 Å². The van der Waals surface area contributed by atoms with Crippen molar-refractivity contribution in [3.8, 4) is 0 Å². The van der Waals surface area contributed by atoms with Gasteiger partial charge < -0.3 is 5.32 Å². The standard InChI is InChI=1S/C14H28N2/c1-4-11-16(14-8-9-14)12-7-5-6-10-15-13(2)3/h4,13-15H,1,5-12H2,2-3H3. The highest BCUT2D eigenvalue weighted by atomic mass is 15.2. The molecule has 2 heteroatoms. The molecule has 1 aliphatic rings. The highest BCUT2D eigenvalue weighted by Crippen LogP contribution is 2.26. The van der Waals surface area contributed by atoms with Gasteiger partial charge in [-0.3, -0.25) is 4.90 Å². The van der Waals surface area contributed by atoms with Crippen molar-refractivity contribution in [2.75, 3.05) is 19.6 Å². The Morgan fingerprint density at radius 2 is 2.06 bits per heavy atom. The van der Waals surface area contributed by atoms with Crippen LogP contribution >= 0.6 is 0 Å². The molecule has 0 saturated heterocycles. The van der Waals surface area contributed by atoms with Crippen molar-refractivity contribution in [2.24, 2.45) is 0 Å². The Bertz CT molecular complexity index is 185. The van der Waals surface area contributed by atoms with Gasteiger partial charge in [0.2, 0.25) is 0 Å². The first-order valence-corrected chi connectivity index (χ1v) is 6.82. The van der Waals surface area contributed by atoms with Crippen LogP contribution in [0.4, 0.5) is 0 Å². The maximum Gasteiger partial charge on any atom is 0.0163 e. The Kier molecular flexibility index (Phi) is 6.74. The maximum atomic E-state index is 3.84. The minimum absolute atomic E-state index is 0.628. The van der Waals surface area contributed by atoms with Crippen LogP contribution in [-0.4, -0.2) is 36.6 Å². The summed E-state index contributed by atoms with van der Waals surface area (Å²) in [6, 6.07) is 1.51. The first-order valence-electron chi connectivity index (χ1n) is 6.82. The van der Waals surface area contributed by atoms with Gasteiger partial charge in [-0.1, -0.05) is 26.3 Å². The second-order valence-corrected chi connectivity index (χ2v) is 5.18. The molecule has 94 valence electrons. The Morgan fingerprint density at radius 1 is 1.31 bits per heavy atom. The van der Waals surface area contributed by atoms with E-state index >= 15 is 0 Å². The summed E-state index contributed by atoms with van der Waals surface area (Å²) in [5.41, 5.74) is 0. The Morgan fingerprint density at radius 3 is 2.62 bits per heavy atom. The van der Waals surface area contributed by atoms with Gasteiger partial charge in [0.05, 0.1) is 0 Å². The largest absolute Gasteiger partial charge is 0.315 e. The van der Waals surface area contributed by atoms with Gasteiger partial charge in [0.1, 0.15) is 0 Å². The topological polar surface area (TPSA) is 15.3 Å². The predicted octanol–water partition coefficient (Wildman–Crippen LogP) is 2.81. The quantitative estimate of drug-likeness (QED) is 0.453. The van der Waals surface area contributed by atoms with Crippen molar-refractivity contribution in [1.82, 2.24) is 10.2 Å². The van der Waals surface area contributed by atoms with Crippen LogP contribution in [0.3, 0.4) is 0 Å². The van der Waals surface area contributed by atoms with Crippen LogP contribution in [0.25, 0.3) is 0 Å². The zero-order valence-corrected chi connectivity index (χ0v) is 11.0. The predicted molar refractivity (Wildman–Crippen MR) is 71.8 cm³/mol. The van der Waals surface area contributed by atoms with Gasteiger partial charge in [0.15, 0.2) is 0 Å². The van der Waals surface area contributed by atoms with Gasteiger partial charge in [0, 0.05) is 18.6 Å². The normalized spacial score (nSPS) is 16.0. The molecule has 1 fully saturated rings. The second-order valence-electron chi connectivity index (χ2n) is 5.18. The van der Waals surface area contributed by atoms with Crippen LogP contribution in [0.1, 0.15) is 46.0 Å². The lowest BCUT2D eigenvalue weighted by Crippen LogP contribution is -2.27. The molecule has 0 atom stereocenters. The number of rotatable bonds is 10. The summed E-state index contributed by atoms with van der Waals surface area (Å²) in [7, 11) is 0. The minimum atomic E-state index is 0.628. The van der Waals surface area contributed by atoms with E-state index in [4.69, 9.17) is 0 Å². The maximum absolute atomic E-state index is 3.84. The summed E-state index contributed by atoms with van der Waals surface area (Å²) < 4.78 is 0. The van der Waals surface area contributed by atoms with Gasteiger partial charge in [-0.25, -0.2) is 0 Å². The van der Waals surface area contributed by atoms with E-state index in [2.05, 4.69) is 30.6 Å². The van der Waals surface area contributed by atoms with E-state index in [1.165, 1.54) is 45.2 Å². The Hall–Kier alpha value is -0.340. The van der Waals surface area contributed by atoms with Gasteiger partial charge >= 0.3 is 0 Å². The average Bonchev–Trinajstić information content (AvgIpc) is 3.04. The SMILES string of the molecule is C=CCN(CCCCCNC(C)C)C1CC1. The molecule has 16 heavy (non-hydrogen) atoms. The molecular weight excluding hydrogens is 196 g/mol. The van der Waals surface area contributed by atoms with Crippen LogP contribution in [0, 0.1) is 0 Å². The van der Waals surface area contributed by atoms with Crippen molar-refractivity contribution >= 4 is 0 Å². The summed E-state index contributed by atoms with van der Waals surface area (Å²) in [5.74, 6) is 0. The molecule has 0 amide bonds. The average molecular weight is 224 g/mol. The number of nitrogens with zero attached hydrogens (tertiary/aromatic N) is 1. The Balaban J connectivity index is 1.94. The van der Waals surface area contributed by atoms with Crippen LogP contribution in [0.5, 0.6) is 0 Å². The van der Waals surface area contributed by atoms with Crippen LogP contribution in [0.15, 0.2) is 12.7 Å². The molecular formula is C14H28N2.